The summed E-state index contributed by atoms with van der Waals surface area (Å²) in [6, 6.07) is 5.52. The monoisotopic (exact) mass is 307 g/mol. The van der Waals surface area contributed by atoms with E-state index >= 15 is 0 Å². The number of halogens is 1. The molecule has 0 aliphatic heterocycles. The minimum atomic E-state index is -3.41. The summed E-state index contributed by atoms with van der Waals surface area (Å²) in [6.07, 6.45) is 1.04. The first-order chi connectivity index (χ1) is 7.21. The molecule has 0 saturated heterocycles. The number of pyridine rings is 1. The van der Waals surface area contributed by atoms with Crippen LogP contribution in [0.25, 0.3) is 0 Å². The Morgan fingerprint density at radius 2 is 2.06 bits per heavy atom. The number of rotatable bonds is 4. The van der Waals surface area contributed by atoms with Crippen LogP contribution in [-0.4, -0.2) is 26.3 Å². The molecule has 0 aromatic carbocycles. The van der Waals surface area contributed by atoms with Crippen LogP contribution in [0, 0.1) is 0 Å². The zero-order chi connectivity index (χ0) is 12.4. The van der Waals surface area contributed by atoms with Gasteiger partial charge in [-0.05, 0) is 28.1 Å². The summed E-state index contributed by atoms with van der Waals surface area (Å²) in [5, 5.41) is 0. The number of nitrogens with zero attached hydrogens (tertiary/aromatic N) is 1. The van der Waals surface area contributed by atoms with Gasteiger partial charge in [-0.15, -0.1) is 0 Å². The number of hydrogen-bond acceptors (Lipinski definition) is 4. The molecule has 0 spiro atoms. The largest absolute Gasteiger partial charge is 0.269 e. The van der Waals surface area contributed by atoms with Gasteiger partial charge in [0, 0.05) is 11.1 Å². The Bertz CT molecular complexity index is 471. The molecule has 0 bridgehead atoms. The van der Waals surface area contributed by atoms with E-state index in [2.05, 4.69) is 20.9 Å². The first-order valence-corrected chi connectivity index (χ1v) is 7.29. The molecule has 0 saturated carbocycles. The van der Waals surface area contributed by atoms with Crippen molar-refractivity contribution in [2.45, 2.75) is 19.3 Å². The topological polar surface area (TPSA) is 56.3 Å². The fourth-order valence-electron chi connectivity index (χ4n) is 1.11. The van der Waals surface area contributed by atoms with E-state index in [1.165, 1.54) is 0 Å². The van der Waals surface area contributed by atoms with Crippen molar-refractivity contribution in [3.8, 4) is 0 Å². The van der Waals surface area contributed by atoms with Gasteiger partial charge in [0.15, 0.2) is 0 Å². The third-order valence-electron chi connectivity index (χ3n) is 2.04. The van der Waals surface area contributed by atoms with Crippen molar-refractivity contribution in [1.29, 1.82) is 0 Å². The highest BCUT2D eigenvalue weighted by atomic mass is 79.9. The molecule has 0 N–H and O–H groups in total. The van der Waals surface area contributed by atoms with Gasteiger partial charge in [-0.25, -0.2) is 4.98 Å². The summed E-state index contributed by atoms with van der Waals surface area (Å²) in [4.78, 5) is 4.29. The SMILES string of the molecule is CC(C)(COS(C)(=O)=O)c1cccc(Br)n1. The molecule has 0 unspecified atom stereocenters. The molecule has 1 heterocycles. The number of aromatic nitrogens is 1. The molecule has 0 aliphatic rings. The van der Waals surface area contributed by atoms with E-state index in [4.69, 9.17) is 4.18 Å². The van der Waals surface area contributed by atoms with Crippen molar-refractivity contribution in [3.63, 3.8) is 0 Å². The summed E-state index contributed by atoms with van der Waals surface area (Å²) in [5.74, 6) is 0. The first kappa shape index (κ1) is 13.6. The van der Waals surface area contributed by atoms with Crippen LogP contribution < -0.4 is 0 Å². The van der Waals surface area contributed by atoms with E-state index in [0.717, 1.165) is 16.6 Å². The highest BCUT2D eigenvalue weighted by Crippen LogP contribution is 2.23. The second kappa shape index (κ2) is 4.81. The normalized spacial score (nSPS) is 12.8. The van der Waals surface area contributed by atoms with Gasteiger partial charge in [-0.1, -0.05) is 19.9 Å². The minimum absolute atomic E-state index is 0.0787. The van der Waals surface area contributed by atoms with E-state index in [0.29, 0.717) is 0 Å². The maximum atomic E-state index is 10.9. The van der Waals surface area contributed by atoms with Crippen LogP contribution >= 0.6 is 15.9 Å². The summed E-state index contributed by atoms with van der Waals surface area (Å²) in [7, 11) is -3.41. The lowest BCUT2D eigenvalue weighted by atomic mass is 9.90. The van der Waals surface area contributed by atoms with E-state index < -0.39 is 15.5 Å². The molecule has 0 aliphatic carbocycles. The standard InChI is InChI=1S/C10H14BrNO3S/c1-10(2,7-15-16(3,13)14)8-5-4-6-9(11)12-8/h4-6H,7H2,1-3H3. The Kier molecular flexibility index (Phi) is 4.09. The molecule has 0 radical (unpaired) electrons. The molecular weight excluding hydrogens is 294 g/mol. The van der Waals surface area contributed by atoms with Crippen LogP contribution in [0.5, 0.6) is 0 Å². The van der Waals surface area contributed by atoms with Gasteiger partial charge >= 0.3 is 0 Å². The van der Waals surface area contributed by atoms with Crippen molar-refractivity contribution in [3.05, 3.63) is 28.5 Å². The summed E-state index contributed by atoms with van der Waals surface area (Å²) in [6.45, 7) is 3.84. The van der Waals surface area contributed by atoms with Crippen LogP contribution in [-0.2, 0) is 19.7 Å². The zero-order valence-corrected chi connectivity index (χ0v) is 11.8. The smallest absolute Gasteiger partial charge is 0.264 e. The lowest BCUT2D eigenvalue weighted by Gasteiger charge is -2.23. The molecule has 1 aromatic rings. The molecular formula is C10H14BrNO3S. The Hall–Kier alpha value is -0.460. The quantitative estimate of drug-likeness (QED) is 0.631. The second-order valence-electron chi connectivity index (χ2n) is 4.20. The van der Waals surface area contributed by atoms with Crippen LogP contribution in [0.1, 0.15) is 19.5 Å². The van der Waals surface area contributed by atoms with Gasteiger partial charge in [-0.2, -0.15) is 8.42 Å². The van der Waals surface area contributed by atoms with Crippen molar-refractivity contribution < 1.29 is 12.6 Å². The maximum absolute atomic E-state index is 10.9. The molecule has 16 heavy (non-hydrogen) atoms. The fourth-order valence-corrected chi connectivity index (χ4v) is 1.97. The lowest BCUT2D eigenvalue weighted by Crippen LogP contribution is -2.27. The summed E-state index contributed by atoms with van der Waals surface area (Å²) in [5.41, 5.74) is 0.331. The van der Waals surface area contributed by atoms with Crippen LogP contribution in [0.15, 0.2) is 22.8 Å². The Balaban J connectivity index is 2.85. The molecule has 6 heteroatoms. The third kappa shape index (κ3) is 4.19. The van der Waals surface area contributed by atoms with E-state index in [1.807, 2.05) is 32.0 Å². The average molecular weight is 308 g/mol. The lowest BCUT2D eigenvalue weighted by molar-refractivity contribution is 0.244. The van der Waals surface area contributed by atoms with Crippen molar-refractivity contribution >= 4 is 26.0 Å². The van der Waals surface area contributed by atoms with Crippen LogP contribution in [0.4, 0.5) is 0 Å². The van der Waals surface area contributed by atoms with Gasteiger partial charge in [0.25, 0.3) is 10.1 Å². The molecule has 0 fully saturated rings. The number of hydrogen-bond donors (Lipinski definition) is 0. The highest BCUT2D eigenvalue weighted by Gasteiger charge is 2.24. The van der Waals surface area contributed by atoms with Crippen LogP contribution in [0.3, 0.4) is 0 Å². The van der Waals surface area contributed by atoms with Crippen LogP contribution in [0.2, 0.25) is 0 Å². The Labute approximate surface area is 104 Å². The summed E-state index contributed by atoms with van der Waals surface area (Å²) < 4.78 is 27.4. The predicted molar refractivity (Wildman–Crippen MR) is 65.8 cm³/mol. The maximum Gasteiger partial charge on any atom is 0.264 e. The molecule has 90 valence electrons. The Morgan fingerprint density at radius 1 is 1.44 bits per heavy atom. The van der Waals surface area contributed by atoms with Crippen molar-refractivity contribution in [1.82, 2.24) is 4.98 Å². The zero-order valence-electron chi connectivity index (χ0n) is 9.40. The molecule has 0 atom stereocenters. The predicted octanol–water partition coefficient (Wildman–Crippen LogP) is 2.10. The molecule has 1 aromatic heterocycles. The first-order valence-electron chi connectivity index (χ1n) is 4.68. The molecule has 0 amide bonds. The Morgan fingerprint density at radius 3 is 2.56 bits per heavy atom. The summed E-state index contributed by atoms with van der Waals surface area (Å²) >= 11 is 3.28. The van der Waals surface area contributed by atoms with Gasteiger partial charge in [0.05, 0.1) is 12.9 Å². The van der Waals surface area contributed by atoms with Gasteiger partial charge in [0.1, 0.15) is 4.60 Å². The third-order valence-corrected chi connectivity index (χ3v) is 3.03. The van der Waals surface area contributed by atoms with E-state index in [-0.39, 0.29) is 6.61 Å². The van der Waals surface area contributed by atoms with Gasteiger partial charge < -0.3 is 0 Å². The van der Waals surface area contributed by atoms with Gasteiger partial charge in [0.2, 0.25) is 0 Å². The average Bonchev–Trinajstić information content (AvgIpc) is 2.14. The second-order valence-corrected chi connectivity index (χ2v) is 6.65. The van der Waals surface area contributed by atoms with Gasteiger partial charge in [-0.3, -0.25) is 4.18 Å². The molecule has 4 nitrogen and oxygen atoms in total. The minimum Gasteiger partial charge on any atom is -0.269 e. The van der Waals surface area contributed by atoms with Crippen molar-refractivity contribution in [2.75, 3.05) is 12.9 Å². The van der Waals surface area contributed by atoms with E-state index in [9.17, 15) is 8.42 Å². The van der Waals surface area contributed by atoms with E-state index in [1.54, 1.807) is 0 Å². The van der Waals surface area contributed by atoms with Crippen molar-refractivity contribution in [2.24, 2.45) is 0 Å². The highest BCUT2D eigenvalue weighted by molar-refractivity contribution is 9.10. The fraction of sp³-hybridized carbons (Fsp3) is 0.500. The molecule has 1 rings (SSSR count).